The van der Waals surface area contributed by atoms with E-state index in [1.54, 1.807) is 26.0 Å². The van der Waals surface area contributed by atoms with Gasteiger partial charge < -0.3 is 19.9 Å². The van der Waals surface area contributed by atoms with Crippen LogP contribution in [0.1, 0.15) is 32.4 Å². The number of hydrogen-bond acceptors (Lipinski definition) is 5. The quantitative estimate of drug-likeness (QED) is 0.807. The van der Waals surface area contributed by atoms with Crippen LogP contribution in [0, 0.1) is 0 Å². The van der Waals surface area contributed by atoms with Gasteiger partial charge in [-0.2, -0.15) is 0 Å². The van der Waals surface area contributed by atoms with Crippen LogP contribution in [0.5, 0.6) is 11.5 Å². The van der Waals surface area contributed by atoms with E-state index in [2.05, 4.69) is 5.32 Å². The fourth-order valence-electron chi connectivity index (χ4n) is 2.77. The Balaban J connectivity index is 2.54. The molecule has 1 aliphatic heterocycles. The lowest BCUT2D eigenvalue weighted by Gasteiger charge is -2.34. The van der Waals surface area contributed by atoms with E-state index in [9.17, 15) is 14.7 Å². The van der Waals surface area contributed by atoms with E-state index in [1.165, 1.54) is 18.1 Å². The number of urea groups is 1. The molecule has 2 rings (SSSR count). The first kappa shape index (κ1) is 17.7. The van der Waals surface area contributed by atoms with Gasteiger partial charge in [-0.15, -0.1) is 0 Å². The number of carbonyl (C=O) groups is 2. The van der Waals surface area contributed by atoms with Gasteiger partial charge in [0.25, 0.3) is 0 Å². The van der Waals surface area contributed by atoms with Crippen LogP contribution in [0.15, 0.2) is 29.5 Å². The Morgan fingerprint density at radius 3 is 2.67 bits per heavy atom. The van der Waals surface area contributed by atoms with Gasteiger partial charge in [0.2, 0.25) is 0 Å². The third-order valence-corrected chi connectivity index (χ3v) is 3.93. The standard InChI is InChI=1S/C17H22N2O5/c1-5-19-10(3)14(16(21)23-4)15(18-17(19)22)11-7-8-12(20)13(9-11)24-6-2/h7-9,15,20H,5-6H2,1-4H3,(H,18,22). The van der Waals surface area contributed by atoms with E-state index >= 15 is 0 Å². The van der Waals surface area contributed by atoms with E-state index in [0.29, 0.717) is 35.7 Å². The first-order valence-electron chi connectivity index (χ1n) is 7.77. The molecule has 2 N–H and O–H groups in total. The van der Waals surface area contributed by atoms with Crippen molar-refractivity contribution in [2.24, 2.45) is 0 Å². The highest BCUT2D eigenvalue weighted by atomic mass is 16.5. The summed E-state index contributed by atoms with van der Waals surface area (Å²) in [5, 5.41) is 12.7. The third-order valence-electron chi connectivity index (χ3n) is 3.93. The summed E-state index contributed by atoms with van der Waals surface area (Å²) in [4.78, 5) is 26.0. The summed E-state index contributed by atoms with van der Waals surface area (Å²) in [5.41, 5.74) is 1.52. The lowest BCUT2D eigenvalue weighted by Crippen LogP contribution is -2.47. The maximum Gasteiger partial charge on any atom is 0.337 e. The van der Waals surface area contributed by atoms with E-state index in [4.69, 9.17) is 9.47 Å². The lowest BCUT2D eigenvalue weighted by molar-refractivity contribution is -0.136. The van der Waals surface area contributed by atoms with Crippen molar-refractivity contribution >= 4 is 12.0 Å². The molecular weight excluding hydrogens is 312 g/mol. The molecule has 130 valence electrons. The molecule has 0 aliphatic carbocycles. The minimum absolute atomic E-state index is 0.00163. The zero-order chi connectivity index (χ0) is 17.9. The van der Waals surface area contributed by atoms with E-state index in [0.717, 1.165) is 0 Å². The van der Waals surface area contributed by atoms with Gasteiger partial charge in [0.1, 0.15) is 0 Å². The van der Waals surface area contributed by atoms with Gasteiger partial charge in [0.15, 0.2) is 11.5 Å². The number of benzene rings is 1. The van der Waals surface area contributed by atoms with Crippen molar-refractivity contribution in [3.05, 3.63) is 35.0 Å². The average Bonchev–Trinajstić information content (AvgIpc) is 2.56. The van der Waals surface area contributed by atoms with Gasteiger partial charge in [0, 0.05) is 12.2 Å². The number of esters is 1. The minimum Gasteiger partial charge on any atom is -0.504 e. The lowest BCUT2D eigenvalue weighted by atomic mass is 9.94. The second kappa shape index (κ2) is 7.25. The van der Waals surface area contributed by atoms with Crippen molar-refractivity contribution in [1.29, 1.82) is 0 Å². The van der Waals surface area contributed by atoms with Gasteiger partial charge in [-0.25, -0.2) is 9.59 Å². The Morgan fingerprint density at radius 1 is 1.38 bits per heavy atom. The van der Waals surface area contributed by atoms with Crippen LogP contribution in [-0.4, -0.2) is 42.3 Å². The highest BCUT2D eigenvalue weighted by Crippen LogP contribution is 2.35. The summed E-state index contributed by atoms with van der Waals surface area (Å²) in [6.45, 7) is 6.16. The molecule has 0 radical (unpaired) electrons. The number of rotatable bonds is 5. The predicted octanol–water partition coefficient (Wildman–Crippen LogP) is 2.32. The summed E-state index contributed by atoms with van der Waals surface area (Å²) in [6.07, 6.45) is 0. The van der Waals surface area contributed by atoms with Crippen molar-refractivity contribution < 1.29 is 24.2 Å². The summed E-state index contributed by atoms with van der Waals surface area (Å²) >= 11 is 0. The van der Waals surface area contributed by atoms with Crippen LogP contribution in [0.4, 0.5) is 4.79 Å². The molecule has 2 amide bonds. The molecule has 7 nitrogen and oxygen atoms in total. The van der Waals surface area contributed by atoms with E-state index in [1.807, 2.05) is 6.92 Å². The summed E-state index contributed by atoms with van der Waals surface area (Å²) in [5.74, 6) is -0.218. The molecule has 0 aromatic heterocycles. The summed E-state index contributed by atoms with van der Waals surface area (Å²) in [6, 6.07) is 3.76. The topological polar surface area (TPSA) is 88.1 Å². The van der Waals surface area contributed by atoms with E-state index < -0.39 is 12.0 Å². The number of phenols is 1. The molecule has 1 aromatic carbocycles. The Kier molecular flexibility index (Phi) is 5.33. The number of aromatic hydroxyl groups is 1. The average molecular weight is 334 g/mol. The molecule has 1 aliphatic rings. The van der Waals surface area contributed by atoms with Crippen molar-refractivity contribution in [1.82, 2.24) is 10.2 Å². The number of phenolic OH excluding ortho intramolecular Hbond substituents is 1. The second-order valence-electron chi connectivity index (χ2n) is 5.28. The molecular formula is C17H22N2O5. The molecule has 0 bridgehead atoms. The van der Waals surface area contributed by atoms with Crippen molar-refractivity contribution in [3.63, 3.8) is 0 Å². The molecule has 0 fully saturated rings. The maximum atomic E-state index is 12.3. The molecule has 0 saturated carbocycles. The number of methoxy groups -OCH3 is 1. The molecule has 0 spiro atoms. The smallest absolute Gasteiger partial charge is 0.337 e. The van der Waals surface area contributed by atoms with Crippen LogP contribution >= 0.6 is 0 Å². The van der Waals surface area contributed by atoms with E-state index in [-0.39, 0.29) is 11.8 Å². The summed E-state index contributed by atoms with van der Waals surface area (Å²) < 4.78 is 10.3. The monoisotopic (exact) mass is 334 g/mol. The Labute approximate surface area is 140 Å². The predicted molar refractivity (Wildman–Crippen MR) is 87.6 cm³/mol. The SMILES string of the molecule is CCOc1cc(C2NC(=O)N(CC)C(C)=C2C(=O)OC)ccc1O. The Hall–Kier alpha value is -2.70. The number of nitrogens with zero attached hydrogens (tertiary/aromatic N) is 1. The highest BCUT2D eigenvalue weighted by molar-refractivity contribution is 5.95. The normalized spacial score (nSPS) is 17.6. The second-order valence-corrected chi connectivity index (χ2v) is 5.28. The Bertz CT molecular complexity index is 684. The fraction of sp³-hybridized carbons (Fsp3) is 0.412. The number of nitrogens with one attached hydrogen (secondary N) is 1. The van der Waals surface area contributed by atoms with Crippen LogP contribution in [0.2, 0.25) is 0 Å². The Morgan fingerprint density at radius 2 is 2.08 bits per heavy atom. The van der Waals surface area contributed by atoms with Crippen LogP contribution in [0.3, 0.4) is 0 Å². The minimum atomic E-state index is -0.674. The largest absolute Gasteiger partial charge is 0.504 e. The van der Waals surface area contributed by atoms with Gasteiger partial charge in [-0.1, -0.05) is 6.07 Å². The third kappa shape index (κ3) is 3.15. The summed E-state index contributed by atoms with van der Waals surface area (Å²) in [7, 11) is 1.30. The fourth-order valence-corrected chi connectivity index (χ4v) is 2.77. The van der Waals surface area contributed by atoms with Crippen LogP contribution in [-0.2, 0) is 9.53 Å². The highest BCUT2D eigenvalue weighted by Gasteiger charge is 2.35. The van der Waals surface area contributed by atoms with Crippen molar-refractivity contribution in [2.45, 2.75) is 26.8 Å². The first-order chi connectivity index (χ1) is 11.4. The zero-order valence-corrected chi connectivity index (χ0v) is 14.3. The number of ether oxygens (including phenoxy) is 2. The van der Waals surface area contributed by atoms with Gasteiger partial charge in [-0.05, 0) is 38.5 Å². The zero-order valence-electron chi connectivity index (χ0n) is 14.3. The molecule has 0 saturated heterocycles. The van der Waals surface area contributed by atoms with Crippen molar-refractivity contribution in [3.8, 4) is 11.5 Å². The van der Waals surface area contributed by atoms with Gasteiger partial charge in [-0.3, -0.25) is 4.90 Å². The van der Waals surface area contributed by atoms with Crippen LogP contribution < -0.4 is 10.1 Å². The number of allylic oxidation sites excluding steroid dienone is 1. The van der Waals surface area contributed by atoms with Gasteiger partial charge >= 0.3 is 12.0 Å². The molecule has 24 heavy (non-hydrogen) atoms. The molecule has 1 unspecified atom stereocenters. The number of hydrogen-bond donors (Lipinski definition) is 2. The maximum absolute atomic E-state index is 12.3. The van der Waals surface area contributed by atoms with Crippen LogP contribution in [0.25, 0.3) is 0 Å². The number of amides is 2. The molecule has 1 atom stereocenters. The molecule has 7 heteroatoms. The number of carbonyl (C=O) groups excluding carboxylic acids is 2. The molecule has 1 heterocycles. The molecule has 1 aromatic rings. The first-order valence-corrected chi connectivity index (χ1v) is 7.77. The van der Waals surface area contributed by atoms with Gasteiger partial charge in [0.05, 0.1) is 25.3 Å². The van der Waals surface area contributed by atoms with Crippen molar-refractivity contribution in [2.75, 3.05) is 20.3 Å².